The van der Waals surface area contributed by atoms with Crippen LogP contribution in [0, 0.1) is 17.0 Å². The largest absolute Gasteiger partial charge is 0.370 e. The summed E-state index contributed by atoms with van der Waals surface area (Å²) in [7, 11) is 0. The second kappa shape index (κ2) is 4.99. The molecule has 1 aromatic carbocycles. The molecule has 0 bridgehead atoms. The summed E-state index contributed by atoms with van der Waals surface area (Å²) >= 11 is 0. The number of nitro groups is 1. The maximum atomic E-state index is 12.2. The first-order valence-electron chi connectivity index (χ1n) is 6.54. The molecule has 22 heavy (non-hydrogen) atoms. The number of rotatable bonds is 2. The number of fused-ring (bicyclic) bond motifs is 1. The second-order valence-electron chi connectivity index (χ2n) is 5.00. The van der Waals surface area contributed by atoms with Crippen LogP contribution in [0.2, 0.25) is 0 Å². The first kappa shape index (κ1) is 13.8. The van der Waals surface area contributed by atoms with Crippen LogP contribution in [0.15, 0.2) is 40.1 Å². The van der Waals surface area contributed by atoms with Gasteiger partial charge in [0.1, 0.15) is 6.04 Å². The molecule has 0 spiro atoms. The van der Waals surface area contributed by atoms with Crippen molar-refractivity contribution in [2.75, 3.05) is 5.32 Å². The minimum absolute atomic E-state index is 0.0207. The fraction of sp³-hybridized carbons (Fsp3) is 0.143. The van der Waals surface area contributed by atoms with E-state index < -0.39 is 11.0 Å². The summed E-state index contributed by atoms with van der Waals surface area (Å²) in [6.45, 7) is 1.77. The predicted octanol–water partition coefficient (Wildman–Crippen LogP) is 1.42. The first-order chi connectivity index (χ1) is 10.5. The van der Waals surface area contributed by atoms with Crippen LogP contribution < -0.4 is 16.6 Å². The summed E-state index contributed by atoms with van der Waals surface area (Å²) in [6, 6.07) is 7.09. The second-order valence-corrected chi connectivity index (χ2v) is 5.00. The molecule has 1 unspecified atom stereocenters. The Bertz CT molecular complexity index is 839. The van der Waals surface area contributed by atoms with Crippen LogP contribution in [0.5, 0.6) is 0 Å². The molecule has 1 aromatic heterocycles. The number of anilines is 1. The summed E-state index contributed by atoms with van der Waals surface area (Å²) < 4.78 is 0. The third-order valence-corrected chi connectivity index (χ3v) is 3.43. The van der Waals surface area contributed by atoms with E-state index in [-0.39, 0.29) is 17.2 Å². The van der Waals surface area contributed by atoms with Gasteiger partial charge in [0.25, 0.3) is 11.2 Å². The highest BCUT2D eigenvalue weighted by atomic mass is 16.6. The topological polar surface area (TPSA) is 126 Å². The van der Waals surface area contributed by atoms with Gasteiger partial charge in [0.05, 0.1) is 16.2 Å². The van der Waals surface area contributed by atoms with Gasteiger partial charge in [-0.25, -0.2) is 4.99 Å². The molecule has 8 heteroatoms. The number of aryl methyl sites for hydroxylation is 1. The normalized spacial score (nSPS) is 16.4. The van der Waals surface area contributed by atoms with E-state index in [1.165, 1.54) is 12.1 Å². The lowest BCUT2D eigenvalue weighted by atomic mass is 9.97. The minimum atomic E-state index is -0.596. The molecular weight excluding hydrogens is 286 g/mol. The van der Waals surface area contributed by atoms with Crippen LogP contribution in [-0.2, 0) is 0 Å². The van der Waals surface area contributed by atoms with E-state index in [9.17, 15) is 14.9 Å². The Hall–Kier alpha value is -3.16. The molecule has 4 N–H and O–H groups in total. The van der Waals surface area contributed by atoms with Gasteiger partial charge in [0, 0.05) is 17.8 Å². The molecular formula is C14H13N5O3. The van der Waals surface area contributed by atoms with Gasteiger partial charge in [-0.3, -0.25) is 14.9 Å². The van der Waals surface area contributed by atoms with Crippen LogP contribution in [0.1, 0.15) is 22.9 Å². The van der Waals surface area contributed by atoms with E-state index in [0.29, 0.717) is 22.5 Å². The van der Waals surface area contributed by atoms with Crippen molar-refractivity contribution in [1.82, 2.24) is 4.98 Å². The maximum absolute atomic E-state index is 12.2. The fourth-order valence-electron chi connectivity index (χ4n) is 2.47. The van der Waals surface area contributed by atoms with Gasteiger partial charge in [-0.2, -0.15) is 0 Å². The standard InChI is InChI=1S/C14H13N5O3/c1-7-6-10-11(13(20)16-7)12(18-14(15)17-10)8-2-4-9(5-3-8)19(21)22/h2-6,12H,1H3,(H,16,20)(H3,15,17,18). The SMILES string of the molecule is Cc1cc2c(c(=O)[nH]1)C(c1ccc([N+](=O)[O-])cc1)N=C(N)N2. The highest BCUT2D eigenvalue weighted by Gasteiger charge is 2.26. The molecule has 0 saturated carbocycles. The number of H-pyrrole nitrogens is 1. The van der Waals surface area contributed by atoms with Crippen LogP contribution in [0.3, 0.4) is 0 Å². The number of benzene rings is 1. The highest BCUT2D eigenvalue weighted by molar-refractivity contribution is 5.95. The molecule has 112 valence electrons. The molecule has 2 heterocycles. The third kappa shape index (κ3) is 2.30. The molecule has 2 aromatic rings. The van der Waals surface area contributed by atoms with Crippen molar-refractivity contribution in [2.45, 2.75) is 13.0 Å². The first-order valence-corrected chi connectivity index (χ1v) is 6.54. The quantitative estimate of drug-likeness (QED) is 0.571. The van der Waals surface area contributed by atoms with Crippen molar-refractivity contribution in [1.29, 1.82) is 0 Å². The number of aromatic nitrogens is 1. The van der Waals surface area contributed by atoms with Crippen LogP contribution in [0.4, 0.5) is 11.4 Å². The molecule has 1 aliphatic rings. The van der Waals surface area contributed by atoms with Crippen molar-refractivity contribution in [3.05, 3.63) is 67.6 Å². The Labute approximate surface area is 124 Å². The molecule has 0 aliphatic carbocycles. The molecule has 0 fully saturated rings. The lowest BCUT2D eigenvalue weighted by Crippen LogP contribution is -2.32. The average Bonchev–Trinajstić information content (AvgIpc) is 2.45. The predicted molar refractivity (Wildman–Crippen MR) is 82.0 cm³/mol. The van der Waals surface area contributed by atoms with E-state index in [2.05, 4.69) is 15.3 Å². The number of aliphatic imine (C=N–C) groups is 1. The highest BCUT2D eigenvalue weighted by Crippen LogP contribution is 2.32. The lowest BCUT2D eigenvalue weighted by Gasteiger charge is -2.23. The Balaban J connectivity index is 2.13. The number of nitro benzene ring substituents is 1. The van der Waals surface area contributed by atoms with Gasteiger partial charge in [0.15, 0.2) is 5.96 Å². The van der Waals surface area contributed by atoms with Crippen molar-refractivity contribution < 1.29 is 4.92 Å². The Kier molecular flexibility index (Phi) is 3.13. The summed E-state index contributed by atoms with van der Waals surface area (Å²) in [5.74, 6) is 0.195. The maximum Gasteiger partial charge on any atom is 0.269 e. The number of aromatic amines is 1. The number of pyridine rings is 1. The van der Waals surface area contributed by atoms with E-state index >= 15 is 0 Å². The number of hydrogen-bond acceptors (Lipinski definition) is 6. The Morgan fingerprint density at radius 3 is 2.64 bits per heavy atom. The summed E-state index contributed by atoms with van der Waals surface area (Å²) in [4.78, 5) is 29.5. The Morgan fingerprint density at radius 2 is 2.00 bits per heavy atom. The number of non-ortho nitro benzene ring substituents is 1. The van der Waals surface area contributed by atoms with Crippen LogP contribution in [0.25, 0.3) is 0 Å². The van der Waals surface area contributed by atoms with Crippen molar-refractivity contribution >= 4 is 17.3 Å². The smallest absolute Gasteiger partial charge is 0.269 e. The number of nitrogens with two attached hydrogens (primary N) is 1. The van der Waals surface area contributed by atoms with Crippen molar-refractivity contribution in [3.63, 3.8) is 0 Å². The third-order valence-electron chi connectivity index (χ3n) is 3.43. The molecule has 1 atom stereocenters. The zero-order valence-corrected chi connectivity index (χ0v) is 11.7. The molecule has 8 nitrogen and oxygen atoms in total. The fourth-order valence-corrected chi connectivity index (χ4v) is 2.47. The summed E-state index contributed by atoms with van der Waals surface area (Å²) in [6.07, 6.45) is 0. The van der Waals surface area contributed by atoms with E-state index in [0.717, 1.165) is 0 Å². The average molecular weight is 299 g/mol. The van der Waals surface area contributed by atoms with Gasteiger partial charge >= 0.3 is 0 Å². The van der Waals surface area contributed by atoms with Gasteiger partial charge in [-0.15, -0.1) is 0 Å². The molecule has 0 saturated heterocycles. The summed E-state index contributed by atoms with van der Waals surface area (Å²) in [5, 5.41) is 13.6. The molecule has 0 amide bonds. The number of hydrogen-bond donors (Lipinski definition) is 3. The molecule has 0 radical (unpaired) electrons. The molecule has 3 rings (SSSR count). The number of nitrogens with zero attached hydrogens (tertiary/aromatic N) is 2. The number of guanidine groups is 1. The van der Waals surface area contributed by atoms with E-state index in [4.69, 9.17) is 5.73 Å². The lowest BCUT2D eigenvalue weighted by molar-refractivity contribution is -0.384. The zero-order chi connectivity index (χ0) is 15.9. The van der Waals surface area contributed by atoms with Gasteiger partial charge < -0.3 is 16.0 Å². The minimum Gasteiger partial charge on any atom is -0.370 e. The van der Waals surface area contributed by atoms with Crippen molar-refractivity contribution in [2.24, 2.45) is 10.7 Å². The van der Waals surface area contributed by atoms with Crippen LogP contribution in [-0.4, -0.2) is 15.9 Å². The van der Waals surface area contributed by atoms with Crippen molar-refractivity contribution in [3.8, 4) is 0 Å². The Morgan fingerprint density at radius 1 is 1.32 bits per heavy atom. The van der Waals surface area contributed by atoms with Gasteiger partial charge in [0.2, 0.25) is 0 Å². The molecule has 1 aliphatic heterocycles. The monoisotopic (exact) mass is 299 g/mol. The van der Waals surface area contributed by atoms with Gasteiger partial charge in [-0.1, -0.05) is 0 Å². The summed E-state index contributed by atoms with van der Waals surface area (Å²) in [5.41, 5.74) is 7.88. The van der Waals surface area contributed by atoms with E-state index in [1.807, 2.05) is 0 Å². The number of nitrogens with one attached hydrogen (secondary N) is 2. The van der Waals surface area contributed by atoms with Crippen LogP contribution >= 0.6 is 0 Å². The van der Waals surface area contributed by atoms with Gasteiger partial charge in [-0.05, 0) is 30.7 Å². The zero-order valence-electron chi connectivity index (χ0n) is 11.7. The van der Waals surface area contributed by atoms with E-state index in [1.54, 1.807) is 25.1 Å².